The molecule has 8 heteroatoms. The van der Waals surface area contributed by atoms with Crippen molar-refractivity contribution in [2.45, 2.75) is 6.04 Å². The zero-order valence-electron chi connectivity index (χ0n) is 11.0. The van der Waals surface area contributed by atoms with Gasteiger partial charge in [-0.2, -0.15) is 0 Å². The third-order valence-corrected chi connectivity index (χ3v) is 4.97. The summed E-state index contributed by atoms with van der Waals surface area (Å²) in [5, 5.41) is 11.4. The Balaban J connectivity index is 2.23. The lowest BCUT2D eigenvalue weighted by atomic mass is 10.0. The second-order valence-corrected chi connectivity index (χ2v) is 6.80. The Bertz CT molecular complexity index is 768. The van der Waals surface area contributed by atoms with E-state index in [4.69, 9.17) is 0 Å². The smallest absolute Gasteiger partial charge is 0.214 e. The highest BCUT2D eigenvalue weighted by Crippen LogP contribution is 2.31. The third kappa shape index (κ3) is 1.93. The molecule has 0 bridgehead atoms. The van der Waals surface area contributed by atoms with Gasteiger partial charge in [-0.25, -0.2) is 17.4 Å². The van der Waals surface area contributed by atoms with Crippen LogP contribution in [0.25, 0.3) is 6.08 Å². The first-order valence-corrected chi connectivity index (χ1v) is 7.43. The van der Waals surface area contributed by atoms with Crippen LogP contribution in [-0.2, 0) is 10.0 Å². The first-order chi connectivity index (χ1) is 9.50. The van der Waals surface area contributed by atoms with Gasteiger partial charge in [0.25, 0.3) is 0 Å². The highest BCUT2D eigenvalue weighted by atomic mass is 32.2. The van der Waals surface area contributed by atoms with Crippen molar-refractivity contribution in [2.75, 3.05) is 14.1 Å². The maximum atomic E-state index is 12.3. The Morgan fingerprint density at radius 2 is 2.05 bits per heavy atom. The zero-order chi connectivity index (χ0) is 14.3. The summed E-state index contributed by atoms with van der Waals surface area (Å²) in [5.41, 5.74) is 0.829. The molecule has 1 aromatic rings. The van der Waals surface area contributed by atoms with Crippen LogP contribution in [0.2, 0.25) is 0 Å². The molecule has 3 rings (SSSR count). The molecule has 104 valence electrons. The first-order valence-electron chi connectivity index (χ1n) is 5.99. The Morgan fingerprint density at radius 3 is 2.80 bits per heavy atom. The molecule has 1 aliphatic carbocycles. The molecule has 20 heavy (non-hydrogen) atoms. The van der Waals surface area contributed by atoms with E-state index in [0.717, 1.165) is 5.57 Å². The topological polar surface area (TPSA) is 81.0 Å². The van der Waals surface area contributed by atoms with Gasteiger partial charge in [0.2, 0.25) is 10.0 Å². The molecule has 0 aromatic carbocycles. The second-order valence-electron chi connectivity index (χ2n) is 4.65. The maximum Gasteiger partial charge on any atom is 0.242 e. The minimum atomic E-state index is -3.54. The standard InChI is InChI=1S/C12H13N5O2S/c1-16(2)20(18,19)10-7-9-5-3-4-6-11(9)17-12(8-10)13-14-15-17/h3-8,11H,1-2H3. The fraction of sp³-hybridized carbons (Fsp3) is 0.250. The summed E-state index contributed by atoms with van der Waals surface area (Å²) >= 11 is 0. The highest BCUT2D eigenvalue weighted by Gasteiger charge is 2.27. The minimum Gasteiger partial charge on any atom is -0.214 e. The van der Waals surface area contributed by atoms with Crippen LogP contribution in [0.4, 0.5) is 0 Å². The van der Waals surface area contributed by atoms with Crippen LogP contribution >= 0.6 is 0 Å². The lowest BCUT2D eigenvalue weighted by Gasteiger charge is -2.16. The lowest BCUT2D eigenvalue weighted by molar-refractivity contribution is 0.529. The van der Waals surface area contributed by atoms with Crippen LogP contribution in [0.3, 0.4) is 0 Å². The highest BCUT2D eigenvalue weighted by molar-refractivity contribution is 7.93. The molecule has 0 saturated carbocycles. The molecule has 2 heterocycles. The molecular weight excluding hydrogens is 278 g/mol. The van der Waals surface area contributed by atoms with Gasteiger partial charge in [-0.15, -0.1) is 5.10 Å². The van der Waals surface area contributed by atoms with Crippen molar-refractivity contribution in [1.29, 1.82) is 0 Å². The van der Waals surface area contributed by atoms with Crippen LogP contribution in [0, 0.1) is 0 Å². The van der Waals surface area contributed by atoms with Crippen molar-refractivity contribution < 1.29 is 8.42 Å². The van der Waals surface area contributed by atoms with Crippen LogP contribution in [-0.4, -0.2) is 47.0 Å². The van der Waals surface area contributed by atoms with E-state index >= 15 is 0 Å². The van der Waals surface area contributed by atoms with Crippen LogP contribution in [0.5, 0.6) is 0 Å². The van der Waals surface area contributed by atoms with Gasteiger partial charge >= 0.3 is 0 Å². The molecule has 0 saturated heterocycles. The van der Waals surface area contributed by atoms with Crippen molar-refractivity contribution in [2.24, 2.45) is 0 Å². The Kier molecular flexibility index (Phi) is 2.91. The summed E-state index contributed by atoms with van der Waals surface area (Å²) in [6, 6.07) is -0.184. The molecule has 1 aromatic heterocycles. The van der Waals surface area contributed by atoms with Gasteiger partial charge in [0.05, 0.1) is 10.9 Å². The molecule has 0 amide bonds. The zero-order valence-corrected chi connectivity index (χ0v) is 11.8. The van der Waals surface area contributed by atoms with Crippen molar-refractivity contribution in [1.82, 2.24) is 24.5 Å². The molecule has 7 nitrogen and oxygen atoms in total. The predicted molar refractivity (Wildman–Crippen MR) is 73.8 cm³/mol. The monoisotopic (exact) mass is 291 g/mol. The van der Waals surface area contributed by atoms with E-state index in [9.17, 15) is 8.42 Å². The van der Waals surface area contributed by atoms with Gasteiger partial charge in [-0.3, -0.25) is 0 Å². The number of hydrogen-bond donors (Lipinski definition) is 0. The summed E-state index contributed by atoms with van der Waals surface area (Å²) in [5.74, 6) is 0.418. The minimum absolute atomic E-state index is 0.177. The summed E-state index contributed by atoms with van der Waals surface area (Å²) in [7, 11) is -0.550. The molecule has 1 unspecified atom stereocenters. The van der Waals surface area contributed by atoms with E-state index < -0.39 is 10.0 Å². The van der Waals surface area contributed by atoms with Crippen LogP contribution in [0.15, 0.2) is 40.9 Å². The van der Waals surface area contributed by atoms with Crippen molar-refractivity contribution >= 4 is 16.1 Å². The van der Waals surface area contributed by atoms with Crippen molar-refractivity contribution in [3.8, 4) is 0 Å². The van der Waals surface area contributed by atoms with Gasteiger partial charge in [0.15, 0.2) is 5.82 Å². The van der Waals surface area contributed by atoms with Gasteiger partial charge in [0.1, 0.15) is 0 Å². The SMILES string of the molecule is CN(C)S(=O)(=O)C1=Cc2nnnn2C2C=CC=CC2=C1. The fourth-order valence-corrected chi connectivity index (χ4v) is 3.05. The van der Waals surface area contributed by atoms with E-state index in [1.165, 1.54) is 24.5 Å². The number of nitrogens with zero attached hydrogens (tertiary/aromatic N) is 5. The molecule has 0 radical (unpaired) electrons. The maximum absolute atomic E-state index is 12.3. The number of rotatable bonds is 2. The number of sulfonamides is 1. The molecular formula is C12H13N5O2S. The molecule has 1 aliphatic heterocycles. The average Bonchev–Trinajstić information content (AvgIpc) is 2.80. The van der Waals surface area contributed by atoms with E-state index in [1.54, 1.807) is 10.8 Å². The Labute approximate surface area is 116 Å². The number of fused-ring (bicyclic) bond motifs is 3. The van der Waals surface area contributed by atoms with Crippen LogP contribution in [0.1, 0.15) is 11.9 Å². The summed E-state index contributed by atoms with van der Waals surface area (Å²) < 4.78 is 27.4. The molecule has 2 aliphatic rings. The largest absolute Gasteiger partial charge is 0.242 e. The number of aromatic nitrogens is 4. The number of hydrogen-bond acceptors (Lipinski definition) is 5. The molecule has 0 N–H and O–H groups in total. The van der Waals surface area contributed by atoms with Crippen LogP contribution < -0.4 is 0 Å². The molecule has 0 fully saturated rings. The molecule has 1 atom stereocenters. The van der Waals surface area contributed by atoms with E-state index in [1.807, 2.05) is 24.3 Å². The Morgan fingerprint density at radius 1 is 1.25 bits per heavy atom. The van der Waals surface area contributed by atoms with Gasteiger partial charge in [-0.05, 0) is 22.1 Å². The lowest BCUT2D eigenvalue weighted by Crippen LogP contribution is -2.23. The normalized spacial score (nSPS) is 21.1. The predicted octanol–water partition coefficient (Wildman–Crippen LogP) is 0.513. The summed E-state index contributed by atoms with van der Waals surface area (Å²) in [6.07, 6.45) is 10.7. The van der Waals surface area contributed by atoms with Gasteiger partial charge < -0.3 is 0 Å². The first kappa shape index (κ1) is 12.9. The number of tetrazole rings is 1. The summed E-state index contributed by atoms with van der Waals surface area (Å²) in [6.45, 7) is 0. The second kappa shape index (κ2) is 4.50. The third-order valence-electron chi connectivity index (χ3n) is 3.18. The fourth-order valence-electron chi connectivity index (χ4n) is 2.09. The average molecular weight is 291 g/mol. The molecule has 0 spiro atoms. The Hall–Kier alpha value is -2.06. The van der Waals surface area contributed by atoms with Gasteiger partial charge in [-0.1, -0.05) is 24.3 Å². The summed E-state index contributed by atoms with van der Waals surface area (Å²) in [4.78, 5) is 0.177. The van der Waals surface area contributed by atoms with Crippen molar-refractivity contribution in [3.05, 3.63) is 46.7 Å². The quantitative estimate of drug-likeness (QED) is 0.793. The van der Waals surface area contributed by atoms with E-state index in [2.05, 4.69) is 15.5 Å². The van der Waals surface area contributed by atoms with Crippen molar-refractivity contribution in [3.63, 3.8) is 0 Å². The number of allylic oxidation sites excluding steroid dienone is 6. The van der Waals surface area contributed by atoms with Gasteiger partial charge in [0, 0.05) is 20.2 Å². The van der Waals surface area contributed by atoms with E-state index in [-0.39, 0.29) is 10.9 Å². The van der Waals surface area contributed by atoms with E-state index in [0.29, 0.717) is 5.82 Å².